The highest BCUT2D eigenvalue weighted by molar-refractivity contribution is 5.67. The molecule has 0 unspecified atom stereocenters. The number of carboxylic acid groups (broad SMARTS) is 1. The Morgan fingerprint density at radius 1 is 0.444 bits per heavy atom. The lowest BCUT2D eigenvalue weighted by atomic mass is 10.5. The van der Waals surface area contributed by atoms with Crippen molar-refractivity contribution in [3.8, 4) is 0 Å². The zero-order valence-corrected chi connectivity index (χ0v) is 22.3. The van der Waals surface area contributed by atoms with Gasteiger partial charge in [-0.25, -0.2) is 4.79 Å². The van der Waals surface area contributed by atoms with E-state index in [4.69, 9.17) is 52.8 Å². The van der Waals surface area contributed by atoms with E-state index in [1.807, 2.05) is 0 Å². The van der Waals surface area contributed by atoms with Crippen LogP contribution in [0, 0.1) is 0 Å². The topological polar surface area (TPSA) is 141 Å². The summed E-state index contributed by atoms with van der Waals surface area (Å²) in [5, 5.41) is 16.7. The van der Waals surface area contributed by atoms with Crippen LogP contribution in [0.5, 0.6) is 0 Å². The molecule has 0 aromatic heterocycles. The van der Waals surface area contributed by atoms with E-state index in [1.165, 1.54) is 0 Å². The lowest BCUT2D eigenvalue weighted by Gasteiger charge is -2.07. The van der Waals surface area contributed by atoms with Crippen molar-refractivity contribution in [1.29, 1.82) is 0 Å². The third kappa shape index (κ3) is 40.2. The molecular formula is C24H50O12. The van der Waals surface area contributed by atoms with Crippen LogP contribution in [-0.2, 0) is 47.4 Å². The number of ether oxygens (including phenoxy) is 9. The van der Waals surface area contributed by atoms with Crippen LogP contribution in [-0.4, -0.2) is 142 Å². The number of hydrogen-bond donors (Lipinski definition) is 2. The maximum atomic E-state index is 10.1. The van der Waals surface area contributed by atoms with Gasteiger partial charge in [0.05, 0.1) is 106 Å². The van der Waals surface area contributed by atoms with Gasteiger partial charge in [-0.2, -0.15) is 0 Å². The van der Waals surface area contributed by atoms with Crippen molar-refractivity contribution in [2.75, 3.05) is 126 Å². The molecule has 2 N–H and O–H groups in total. The van der Waals surface area contributed by atoms with Gasteiger partial charge in [-0.15, -0.1) is 0 Å². The average molecular weight is 531 g/mol. The molecule has 0 atom stereocenters. The van der Waals surface area contributed by atoms with Crippen molar-refractivity contribution >= 4 is 5.97 Å². The van der Waals surface area contributed by atoms with Crippen LogP contribution in [0.4, 0.5) is 0 Å². The van der Waals surface area contributed by atoms with E-state index in [0.717, 1.165) is 26.1 Å². The van der Waals surface area contributed by atoms with Crippen LogP contribution in [0.2, 0.25) is 0 Å². The SMILES string of the molecule is CCCOCCOCCOCCOCCO.CCCOCCOCCOCCOCCOCC(=O)O. The van der Waals surface area contributed by atoms with Gasteiger partial charge in [-0.05, 0) is 12.8 Å². The minimum atomic E-state index is -0.978. The van der Waals surface area contributed by atoms with Gasteiger partial charge in [0.25, 0.3) is 0 Å². The second-order valence-corrected chi connectivity index (χ2v) is 7.07. The molecule has 0 amide bonds. The number of carboxylic acids is 1. The fourth-order valence-electron chi connectivity index (χ4n) is 2.15. The molecule has 12 heteroatoms. The lowest BCUT2D eigenvalue weighted by molar-refractivity contribution is -0.142. The molecule has 0 aromatic carbocycles. The van der Waals surface area contributed by atoms with Gasteiger partial charge < -0.3 is 52.8 Å². The standard InChI is InChI=1S/C13H26O7.C11H24O5/c1-2-3-16-4-5-17-6-7-18-8-9-19-10-11-20-12-13(14)15;1-2-4-13-6-8-15-10-11-16-9-7-14-5-3-12/h2-12H2,1H3,(H,14,15);12H,2-11H2,1H3. The Morgan fingerprint density at radius 2 is 0.694 bits per heavy atom. The zero-order chi connectivity index (χ0) is 26.8. The van der Waals surface area contributed by atoms with E-state index < -0.39 is 5.97 Å². The molecule has 0 fully saturated rings. The Morgan fingerprint density at radius 3 is 0.944 bits per heavy atom. The summed E-state index contributed by atoms with van der Waals surface area (Å²) in [7, 11) is 0. The maximum absolute atomic E-state index is 10.1. The third-order valence-electron chi connectivity index (χ3n) is 3.76. The zero-order valence-electron chi connectivity index (χ0n) is 22.3. The van der Waals surface area contributed by atoms with Crippen molar-refractivity contribution in [2.45, 2.75) is 26.7 Å². The minimum Gasteiger partial charge on any atom is -0.480 e. The first kappa shape index (κ1) is 37.2. The maximum Gasteiger partial charge on any atom is 0.329 e. The van der Waals surface area contributed by atoms with Crippen LogP contribution in [0.15, 0.2) is 0 Å². The minimum absolute atomic E-state index is 0.0564. The molecule has 0 saturated heterocycles. The summed E-state index contributed by atoms with van der Waals surface area (Å²) in [5.41, 5.74) is 0. The second kappa shape index (κ2) is 36.2. The van der Waals surface area contributed by atoms with Crippen LogP contribution in [0.25, 0.3) is 0 Å². The first-order valence-electron chi connectivity index (χ1n) is 12.7. The summed E-state index contributed by atoms with van der Waals surface area (Å²) in [5.74, 6) is -0.978. The fraction of sp³-hybridized carbons (Fsp3) is 0.958. The molecule has 218 valence electrons. The Bertz CT molecular complexity index is 387. The highest BCUT2D eigenvalue weighted by atomic mass is 16.6. The Hall–Kier alpha value is -0.930. The van der Waals surface area contributed by atoms with Crippen LogP contribution in [0.3, 0.4) is 0 Å². The Balaban J connectivity index is 0. The van der Waals surface area contributed by atoms with Gasteiger partial charge in [0.15, 0.2) is 0 Å². The number of rotatable bonds is 29. The van der Waals surface area contributed by atoms with E-state index in [-0.39, 0.29) is 19.8 Å². The summed E-state index contributed by atoms with van der Waals surface area (Å²) < 4.78 is 46.6. The number of hydrogen-bond acceptors (Lipinski definition) is 11. The first-order chi connectivity index (χ1) is 17.7. The monoisotopic (exact) mass is 530 g/mol. The van der Waals surface area contributed by atoms with Gasteiger partial charge in [-0.1, -0.05) is 13.8 Å². The molecule has 0 aliphatic heterocycles. The third-order valence-corrected chi connectivity index (χ3v) is 3.76. The van der Waals surface area contributed by atoms with Gasteiger partial charge in [-0.3, -0.25) is 0 Å². The highest BCUT2D eigenvalue weighted by Gasteiger charge is 1.96. The molecular weight excluding hydrogens is 480 g/mol. The molecule has 0 radical (unpaired) electrons. The van der Waals surface area contributed by atoms with Crippen LogP contribution in [0.1, 0.15) is 26.7 Å². The first-order valence-corrected chi connectivity index (χ1v) is 12.7. The smallest absolute Gasteiger partial charge is 0.329 e. The largest absolute Gasteiger partial charge is 0.480 e. The summed E-state index contributed by atoms with van der Waals surface area (Å²) in [6.45, 7) is 13.1. The van der Waals surface area contributed by atoms with Crippen LogP contribution >= 0.6 is 0 Å². The van der Waals surface area contributed by atoms with Crippen molar-refractivity contribution < 1.29 is 57.6 Å². The molecule has 0 aliphatic rings. The average Bonchev–Trinajstić information content (AvgIpc) is 2.87. The van der Waals surface area contributed by atoms with E-state index in [9.17, 15) is 4.79 Å². The van der Waals surface area contributed by atoms with E-state index in [1.54, 1.807) is 0 Å². The summed E-state index contributed by atoms with van der Waals surface area (Å²) in [6, 6.07) is 0. The summed E-state index contributed by atoms with van der Waals surface area (Å²) >= 11 is 0. The molecule has 12 nitrogen and oxygen atoms in total. The number of aliphatic carboxylic acids is 1. The lowest BCUT2D eigenvalue weighted by Crippen LogP contribution is -2.14. The van der Waals surface area contributed by atoms with E-state index in [2.05, 4.69) is 13.8 Å². The number of carbonyl (C=O) groups is 1. The molecule has 0 spiro atoms. The summed E-state index contributed by atoms with van der Waals surface area (Å²) in [6.07, 6.45) is 2.06. The molecule has 0 aromatic rings. The van der Waals surface area contributed by atoms with Gasteiger partial charge >= 0.3 is 5.97 Å². The highest BCUT2D eigenvalue weighted by Crippen LogP contribution is 1.85. The van der Waals surface area contributed by atoms with Gasteiger partial charge in [0.2, 0.25) is 0 Å². The van der Waals surface area contributed by atoms with Gasteiger partial charge in [0.1, 0.15) is 6.61 Å². The Labute approximate surface area is 216 Å². The number of aliphatic hydroxyl groups excluding tert-OH is 1. The molecule has 0 rings (SSSR count). The van der Waals surface area contributed by atoms with Crippen LogP contribution < -0.4 is 0 Å². The van der Waals surface area contributed by atoms with Crippen molar-refractivity contribution in [2.24, 2.45) is 0 Å². The second-order valence-electron chi connectivity index (χ2n) is 7.07. The normalized spacial score (nSPS) is 10.9. The molecule has 0 saturated carbocycles. The van der Waals surface area contributed by atoms with E-state index in [0.29, 0.717) is 92.5 Å². The molecule has 0 aliphatic carbocycles. The fourth-order valence-corrected chi connectivity index (χ4v) is 2.15. The molecule has 0 bridgehead atoms. The van der Waals surface area contributed by atoms with Crippen molar-refractivity contribution in [1.82, 2.24) is 0 Å². The predicted molar refractivity (Wildman–Crippen MR) is 133 cm³/mol. The predicted octanol–water partition coefficient (Wildman–Crippen LogP) is 1.02. The Kier molecular flexibility index (Phi) is 37.5. The number of aliphatic hydroxyl groups is 1. The summed E-state index contributed by atoms with van der Waals surface area (Å²) in [4.78, 5) is 10.1. The molecule has 36 heavy (non-hydrogen) atoms. The quantitative estimate of drug-likeness (QED) is 0.133. The van der Waals surface area contributed by atoms with Gasteiger partial charge in [0, 0.05) is 13.2 Å². The van der Waals surface area contributed by atoms with E-state index >= 15 is 0 Å². The van der Waals surface area contributed by atoms with Crippen molar-refractivity contribution in [3.63, 3.8) is 0 Å². The molecule has 0 heterocycles. The van der Waals surface area contributed by atoms with Crippen molar-refractivity contribution in [3.05, 3.63) is 0 Å².